The maximum Gasteiger partial charge on any atom is 0.270 e. The highest BCUT2D eigenvalue weighted by molar-refractivity contribution is 9.10. The lowest BCUT2D eigenvalue weighted by Gasteiger charge is -2.13. The maximum atomic E-state index is 12.5. The van der Waals surface area contributed by atoms with Crippen molar-refractivity contribution in [2.45, 2.75) is 0 Å². The Balaban J connectivity index is 1.94. The summed E-state index contributed by atoms with van der Waals surface area (Å²) in [6.45, 7) is 0. The van der Waals surface area contributed by atoms with Gasteiger partial charge in [0, 0.05) is 4.47 Å². The lowest BCUT2D eigenvalue weighted by molar-refractivity contribution is -0.113. The average molecular weight is 376 g/mol. The second-order valence-electron chi connectivity index (χ2n) is 4.41. The summed E-state index contributed by atoms with van der Waals surface area (Å²) in [5, 5.41) is 0. The van der Waals surface area contributed by atoms with E-state index < -0.39 is 0 Å². The van der Waals surface area contributed by atoms with Crippen LogP contribution in [-0.4, -0.2) is 10.2 Å². The lowest BCUT2D eigenvalue weighted by atomic mass is 10.2. The Morgan fingerprint density at radius 1 is 1.10 bits per heavy atom. The Hall–Kier alpha value is -1.43. The van der Waals surface area contributed by atoms with Crippen LogP contribution in [0.2, 0.25) is 0 Å². The zero-order valence-corrected chi connectivity index (χ0v) is 14.0. The normalized spacial score (nSPS) is 16.8. The van der Waals surface area contributed by atoms with Gasteiger partial charge in [-0.2, -0.15) is 0 Å². The molecule has 0 unspecified atom stereocenters. The van der Waals surface area contributed by atoms with Gasteiger partial charge in [-0.1, -0.05) is 70.2 Å². The number of hydrogen-bond donors (Lipinski definition) is 0. The third-order valence-electron chi connectivity index (χ3n) is 2.95. The van der Waals surface area contributed by atoms with Gasteiger partial charge in [0.15, 0.2) is 4.32 Å². The number of benzene rings is 2. The fraction of sp³-hybridized carbons (Fsp3) is 0. The number of nitrogens with zero attached hydrogens (tertiary/aromatic N) is 1. The van der Waals surface area contributed by atoms with Gasteiger partial charge in [-0.15, -0.1) is 0 Å². The molecule has 1 saturated heterocycles. The molecule has 0 bridgehead atoms. The van der Waals surface area contributed by atoms with E-state index in [1.807, 2.05) is 60.7 Å². The average Bonchev–Trinajstić information content (AvgIpc) is 2.74. The van der Waals surface area contributed by atoms with E-state index in [1.54, 1.807) is 4.90 Å². The summed E-state index contributed by atoms with van der Waals surface area (Å²) in [5.74, 6) is -0.0730. The van der Waals surface area contributed by atoms with E-state index in [1.165, 1.54) is 11.8 Å². The minimum atomic E-state index is -0.0730. The molecule has 0 aromatic heterocycles. The number of anilines is 1. The topological polar surface area (TPSA) is 20.3 Å². The number of para-hydroxylation sites is 1. The number of thiocarbonyl (C=S) groups is 1. The highest BCUT2D eigenvalue weighted by Crippen LogP contribution is 2.35. The Bertz CT molecular complexity index is 743. The number of halogens is 1. The van der Waals surface area contributed by atoms with Gasteiger partial charge in [0.1, 0.15) is 0 Å². The predicted molar refractivity (Wildman–Crippen MR) is 96.2 cm³/mol. The van der Waals surface area contributed by atoms with E-state index >= 15 is 0 Å². The number of rotatable bonds is 2. The molecule has 2 nitrogen and oxygen atoms in total. The molecule has 5 heteroatoms. The fourth-order valence-electron chi connectivity index (χ4n) is 2.02. The second kappa shape index (κ2) is 6.13. The van der Waals surface area contributed by atoms with Gasteiger partial charge in [0.05, 0.1) is 10.6 Å². The van der Waals surface area contributed by atoms with Crippen molar-refractivity contribution in [3.8, 4) is 0 Å². The van der Waals surface area contributed by atoms with Crippen molar-refractivity contribution in [2.24, 2.45) is 0 Å². The molecule has 1 amide bonds. The van der Waals surface area contributed by atoms with Crippen LogP contribution in [0.25, 0.3) is 6.08 Å². The molecule has 2 aromatic rings. The molecular formula is C16H10BrNOS2. The van der Waals surface area contributed by atoms with Crippen molar-refractivity contribution in [1.82, 2.24) is 0 Å². The van der Waals surface area contributed by atoms with Crippen LogP contribution in [0.3, 0.4) is 0 Å². The largest absolute Gasteiger partial charge is 0.270 e. The van der Waals surface area contributed by atoms with E-state index in [2.05, 4.69) is 15.9 Å². The highest BCUT2D eigenvalue weighted by Gasteiger charge is 2.33. The molecule has 0 aliphatic carbocycles. The van der Waals surface area contributed by atoms with Crippen LogP contribution in [-0.2, 0) is 4.79 Å². The van der Waals surface area contributed by atoms with Gasteiger partial charge in [-0.25, -0.2) is 0 Å². The van der Waals surface area contributed by atoms with Crippen molar-refractivity contribution in [1.29, 1.82) is 0 Å². The van der Waals surface area contributed by atoms with Crippen LogP contribution in [0.4, 0.5) is 5.69 Å². The summed E-state index contributed by atoms with van der Waals surface area (Å²) >= 11 is 10.1. The monoisotopic (exact) mass is 375 g/mol. The fourth-order valence-corrected chi connectivity index (χ4v) is 3.73. The Morgan fingerprint density at radius 2 is 1.86 bits per heavy atom. The van der Waals surface area contributed by atoms with Gasteiger partial charge >= 0.3 is 0 Å². The van der Waals surface area contributed by atoms with E-state index in [0.717, 1.165) is 15.7 Å². The quantitative estimate of drug-likeness (QED) is 0.552. The van der Waals surface area contributed by atoms with Crippen LogP contribution in [0, 0.1) is 0 Å². The first-order valence-corrected chi connectivity index (χ1v) is 8.25. The third kappa shape index (κ3) is 3.10. The van der Waals surface area contributed by atoms with Gasteiger partial charge in [-0.05, 0) is 35.9 Å². The van der Waals surface area contributed by atoms with Crippen molar-refractivity contribution in [3.05, 3.63) is 69.5 Å². The molecule has 104 valence electrons. The zero-order chi connectivity index (χ0) is 14.8. The molecule has 2 aromatic carbocycles. The van der Waals surface area contributed by atoms with E-state index in [0.29, 0.717) is 9.23 Å². The molecule has 1 heterocycles. The number of carbonyl (C=O) groups is 1. The number of carbonyl (C=O) groups excluding carboxylic acids is 1. The van der Waals surface area contributed by atoms with Gasteiger partial charge in [0.25, 0.3) is 5.91 Å². The summed E-state index contributed by atoms with van der Waals surface area (Å²) < 4.78 is 1.54. The van der Waals surface area contributed by atoms with Gasteiger partial charge < -0.3 is 0 Å². The van der Waals surface area contributed by atoms with Crippen molar-refractivity contribution in [2.75, 3.05) is 4.90 Å². The standard InChI is InChI=1S/C16H10BrNOS2/c17-12-6-4-5-11(9-12)10-14-15(19)18(16(20)21-14)13-7-2-1-3-8-13/h1-10H. The molecule has 21 heavy (non-hydrogen) atoms. The predicted octanol–water partition coefficient (Wildman–Crippen LogP) is 4.85. The molecule has 1 fully saturated rings. The maximum absolute atomic E-state index is 12.5. The Labute approximate surface area is 141 Å². The lowest BCUT2D eigenvalue weighted by Crippen LogP contribution is -2.27. The minimum Gasteiger partial charge on any atom is -0.268 e. The zero-order valence-electron chi connectivity index (χ0n) is 10.8. The first-order chi connectivity index (χ1) is 10.1. The van der Waals surface area contributed by atoms with Crippen molar-refractivity contribution in [3.63, 3.8) is 0 Å². The summed E-state index contributed by atoms with van der Waals surface area (Å²) in [6.07, 6.45) is 1.87. The minimum absolute atomic E-state index is 0.0730. The summed E-state index contributed by atoms with van der Waals surface area (Å²) in [5.41, 5.74) is 1.77. The van der Waals surface area contributed by atoms with Crippen LogP contribution >= 0.6 is 39.9 Å². The van der Waals surface area contributed by atoms with Crippen LogP contribution < -0.4 is 4.90 Å². The third-order valence-corrected chi connectivity index (χ3v) is 4.75. The molecule has 0 atom stereocenters. The molecule has 0 saturated carbocycles. The summed E-state index contributed by atoms with van der Waals surface area (Å²) in [6, 6.07) is 17.3. The Morgan fingerprint density at radius 3 is 2.57 bits per heavy atom. The van der Waals surface area contributed by atoms with E-state index in [9.17, 15) is 4.79 Å². The van der Waals surface area contributed by atoms with E-state index in [4.69, 9.17) is 12.2 Å². The molecule has 1 aliphatic rings. The Kier molecular flexibility index (Phi) is 4.24. The van der Waals surface area contributed by atoms with Crippen molar-refractivity contribution < 1.29 is 4.79 Å². The smallest absolute Gasteiger partial charge is 0.268 e. The molecular weight excluding hydrogens is 366 g/mol. The summed E-state index contributed by atoms with van der Waals surface area (Å²) in [4.78, 5) is 14.8. The number of amides is 1. The van der Waals surface area contributed by atoms with Crippen LogP contribution in [0.5, 0.6) is 0 Å². The van der Waals surface area contributed by atoms with Crippen LogP contribution in [0.15, 0.2) is 64.0 Å². The summed E-state index contributed by atoms with van der Waals surface area (Å²) in [7, 11) is 0. The molecule has 3 rings (SSSR count). The van der Waals surface area contributed by atoms with Crippen LogP contribution in [0.1, 0.15) is 5.56 Å². The molecule has 0 N–H and O–H groups in total. The van der Waals surface area contributed by atoms with Crippen molar-refractivity contribution >= 4 is 61.9 Å². The van der Waals surface area contributed by atoms with Gasteiger partial charge in [0.2, 0.25) is 0 Å². The highest BCUT2D eigenvalue weighted by atomic mass is 79.9. The van der Waals surface area contributed by atoms with E-state index in [-0.39, 0.29) is 5.91 Å². The second-order valence-corrected chi connectivity index (χ2v) is 7.00. The number of thioether (sulfide) groups is 1. The first-order valence-electron chi connectivity index (χ1n) is 6.24. The molecule has 0 spiro atoms. The van der Waals surface area contributed by atoms with Gasteiger partial charge in [-0.3, -0.25) is 9.69 Å². The number of hydrogen-bond acceptors (Lipinski definition) is 3. The molecule has 0 radical (unpaired) electrons. The SMILES string of the molecule is O=C1C(=Cc2cccc(Br)c2)SC(=S)N1c1ccccc1. The molecule has 1 aliphatic heterocycles. The first kappa shape index (κ1) is 14.5.